The second-order valence-corrected chi connectivity index (χ2v) is 6.56. The Morgan fingerprint density at radius 1 is 1.22 bits per heavy atom. The summed E-state index contributed by atoms with van der Waals surface area (Å²) in [6.45, 7) is 2.39. The molecule has 2 aromatic heterocycles. The molecule has 0 spiro atoms. The molecule has 1 aromatic carbocycles. The van der Waals surface area contributed by atoms with Crippen molar-refractivity contribution in [1.29, 1.82) is 5.26 Å². The lowest BCUT2D eigenvalue weighted by Gasteiger charge is -2.20. The third-order valence-electron chi connectivity index (χ3n) is 4.67. The highest BCUT2D eigenvalue weighted by atomic mass is 16.2. The number of hydrogen-bond donors (Lipinski definition) is 0. The third-order valence-corrected chi connectivity index (χ3v) is 4.67. The minimum atomic E-state index is -0.121. The van der Waals surface area contributed by atoms with Gasteiger partial charge in [-0.1, -0.05) is 12.1 Å². The summed E-state index contributed by atoms with van der Waals surface area (Å²) in [6.07, 6.45) is 5.89. The minimum absolute atomic E-state index is 0.121. The Hall–Kier alpha value is -3.46. The number of rotatable bonds is 5. The number of pyridine rings is 1. The Kier molecular flexibility index (Phi) is 4.43. The fraction of sp³-hybridized carbons (Fsp3) is 0.238. The highest BCUT2D eigenvalue weighted by molar-refractivity contribution is 6.05. The van der Waals surface area contributed by atoms with E-state index in [1.807, 2.05) is 54.2 Å². The van der Waals surface area contributed by atoms with Gasteiger partial charge in [0.1, 0.15) is 11.9 Å². The molecular weight excluding hydrogens is 338 g/mol. The molecule has 1 fully saturated rings. The van der Waals surface area contributed by atoms with Gasteiger partial charge >= 0.3 is 0 Å². The van der Waals surface area contributed by atoms with E-state index in [-0.39, 0.29) is 5.91 Å². The molecule has 4 rings (SSSR count). The molecule has 0 aliphatic heterocycles. The third kappa shape index (κ3) is 3.44. The van der Waals surface area contributed by atoms with Crippen molar-refractivity contribution >= 4 is 11.7 Å². The monoisotopic (exact) mass is 357 g/mol. The van der Waals surface area contributed by atoms with Gasteiger partial charge in [0.2, 0.25) is 0 Å². The smallest absolute Gasteiger partial charge is 0.259 e. The van der Waals surface area contributed by atoms with Crippen molar-refractivity contribution in [3.8, 4) is 17.3 Å². The molecule has 0 atom stereocenters. The normalized spacial score (nSPS) is 13.2. The summed E-state index contributed by atoms with van der Waals surface area (Å²) < 4.78 is 2.02. The van der Waals surface area contributed by atoms with E-state index in [1.165, 1.54) is 19.0 Å². The summed E-state index contributed by atoms with van der Waals surface area (Å²) in [5.74, 6) is 0.415. The first-order valence-electron chi connectivity index (χ1n) is 9.03. The summed E-state index contributed by atoms with van der Waals surface area (Å²) in [5, 5.41) is 13.5. The number of carbonyl (C=O) groups is 1. The number of aromatic nitrogens is 3. The molecule has 134 valence electrons. The Balaban J connectivity index is 1.54. The molecule has 0 bridgehead atoms. The van der Waals surface area contributed by atoms with Gasteiger partial charge in [-0.3, -0.25) is 14.4 Å². The van der Waals surface area contributed by atoms with Crippen LogP contribution in [0.25, 0.3) is 11.3 Å². The zero-order valence-electron chi connectivity index (χ0n) is 15.0. The van der Waals surface area contributed by atoms with Gasteiger partial charge in [-0.25, -0.2) is 4.98 Å². The summed E-state index contributed by atoms with van der Waals surface area (Å²) in [6, 6.07) is 15.4. The number of benzene rings is 1. The molecule has 1 aliphatic carbocycles. The number of nitriles is 1. The van der Waals surface area contributed by atoms with Crippen molar-refractivity contribution in [2.45, 2.75) is 25.8 Å². The summed E-state index contributed by atoms with van der Waals surface area (Å²) >= 11 is 0. The van der Waals surface area contributed by atoms with E-state index in [2.05, 4.69) is 10.1 Å². The van der Waals surface area contributed by atoms with Crippen LogP contribution in [0.1, 0.15) is 41.7 Å². The number of hydrogen-bond acceptors (Lipinski definition) is 4. The molecule has 0 radical (unpaired) electrons. The molecule has 1 amide bonds. The lowest BCUT2D eigenvalue weighted by Crippen LogP contribution is -2.31. The number of carbonyl (C=O) groups excluding carboxylic acids is 1. The van der Waals surface area contributed by atoms with E-state index in [0.29, 0.717) is 29.5 Å². The van der Waals surface area contributed by atoms with E-state index < -0.39 is 0 Å². The second kappa shape index (κ2) is 7.04. The maximum absolute atomic E-state index is 12.9. The van der Waals surface area contributed by atoms with Crippen LogP contribution in [0.5, 0.6) is 0 Å². The van der Waals surface area contributed by atoms with Crippen molar-refractivity contribution in [2.75, 3.05) is 11.4 Å². The molecule has 0 N–H and O–H groups in total. The van der Waals surface area contributed by atoms with Gasteiger partial charge in [-0.2, -0.15) is 10.4 Å². The lowest BCUT2D eigenvalue weighted by molar-refractivity contribution is 0.0987. The molecular formula is C21H19N5O. The van der Waals surface area contributed by atoms with Gasteiger partial charge in [-0.05, 0) is 50.1 Å². The first-order valence-corrected chi connectivity index (χ1v) is 9.03. The maximum Gasteiger partial charge on any atom is 0.259 e. The van der Waals surface area contributed by atoms with Crippen molar-refractivity contribution in [3.05, 3.63) is 66.0 Å². The molecule has 0 saturated heterocycles. The van der Waals surface area contributed by atoms with Gasteiger partial charge in [0.25, 0.3) is 5.91 Å². The van der Waals surface area contributed by atoms with Gasteiger partial charge < -0.3 is 0 Å². The standard InChI is InChI=1S/C21H19N5O/c1-2-25(20-10-3-15(13-22)14-23-20)21(27)17-6-4-16(5-7-17)19-11-12-26(24-19)18-8-9-18/h3-7,10-12,14,18H,2,8-9H2,1H3. The van der Waals surface area contributed by atoms with Crippen LogP contribution in [-0.2, 0) is 0 Å². The zero-order chi connectivity index (χ0) is 18.8. The van der Waals surface area contributed by atoms with Crippen LogP contribution in [0.15, 0.2) is 54.9 Å². The highest BCUT2D eigenvalue weighted by Crippen LogP contribution is 2.34. The molecule has 1 aliphatic rings. The summed E-state index contributed by atoms with van der Waals surface area (Å²) in [7, 11) is 0. The molecule has 2 heterocycles. The fourth-order valence-corrected chi connectivity index (χ4v) is 3.00. The Morgan fingerprint density at radius 2 is 2.00 bits per heavy atom. The first-order chi connectivity index (χ1) is 13.2. The zero-order valence-corrected chi connectivity index (χ0v) is 15.0. The number of amides is 1. The van der Waals surface area contributed by atoms with Crippen LogP contribution in [0.2, 0.25) is 0 Å². The van der Waals surface area contributed by atoms with E-state index in [1.54, 1.807) is 17.0 Å². The summed E-state index contributed by atoms with van der Waals surface area (Å²) in [4.78, 5) is 18.7. The van der Waals surface area contributed by atoms with Crippen molar-refractivity contribution in [2.24, 2.45) is 0 Å². The van der Waals surface area contributed by atoms with Gasteiger partial charge in [-0.15, -0.1) is 0 Å². The molecule has 0 unspecified atom stereocenters. The molecule has 6 nitrogen and oxygen atoms in total. The maximum atomic E-state index is 12.9. The lowest BCUT2D eigenvalue weighted by atomic mass is 10.1. The van der Waals surface area contributed by atoms with Crippen molar-refractivity contribution in [3.63, 3.8) is 0 Å². The van der Waals surface area contributed by atoms with Crippen LogP contribution >= 0.6 is 0 Å². The van der Waals surface area contributed by atoms with E-state index in [4.69, 9.17) is 5.26 Å². The van der Waals surface area contributed by atoms with E-state index in [9.17, 15) is 4.79 Å². The van der Waals surface area contributed by atoms with Crippen LogP contribution in [-0.4, -0.2) is 27.2 Å². The average molecular weight is 357 g/mol. The van der Waals surface area contributed by atoms with E-state index >= 15 is 0 Å². The van der Waals surface area contributed by atoms with Gasteiger partial charge in [0.15, 0.2) is 0 Å². The Morgan fingerprint density at radius 3 is 2.59 bits per heavy atom. The predicted molar refractivity (Wildman–Crippen MR) is 102 cm³/mol. The van der Waals surface area contributed by atoms with Crippen molar-refractivity contribution in [1.82, 2.24) is 14.8 Å². The number of anilines is 1. The van der Waals surface area contributed by atoms with Gasteiger partial charge in [0, 0.05) is 30.1 Å². The predicted octanol–water partition coefficient (Wildman–Crippen LogP) is 3.82. The van der Waals surface area contributed by atoms with Crippen LogP contribution in [0.4, 0.5) is 5.82 Å². The highest BCUT2D eigenvalue weighted by Gasteiger charge is 2.24. The topological polar surface area (TPSA) is 74.8 Å². The number of nitrogens with zero attached hydrogens (tertiary/aromatic N) is 5. The molecule has 1 saturated carbocycles. The van der Waals surface area contributed by atoms with Crippen LogP contribution in [0, 0.1) is 11.3 Å². The minimum Gasteiger partial charge on any atom is -0.293 e. The largest absolute Gasteiger partial charge is 0.293 e. The first kappa shape index (κ1) is 17.0. The van der Waals surface area contributed by atoms with E-state index in [0.717, 1.165) is 11.3 Å². The van der Waals surface area contributed by atoms with Gasteiger partial charge in [0.05, 0.1) is 17.3 Å². The quantitative estimate of drug-likeness (QED) is 0.696. The summed E-state index contributed by atoms with van der Waals surface area (Å²) in [5.41, 5.74) is 2.97. The fourth-order valence-electron chi connectivity index (χ4n) is 3.00. The molecule has 6 heteroatoms. The van der Waals surface area contributed by atoms with Crippen molar-refractivity contribution < 1.29 is 4.79 Å². The molecule has 3 aromatic rings. The average Bonchev–Trinajstić information content (AvgIpc) is 3.46. The second-order valence-electron chi connectivity index (χ2n) is 6.56. The molecule has 27 heavy (non-hydrogen) atoms. The van der Waals surface area contributed by atoms with Crippen LogP contribution < -0.4 is 4.90 Å². The SMILES string of the molecule is CCN(C(=O)c1ccc(-c2ccn(C3CC3)n2)cc1)c1ccc(C#N)cn1. The Bertz CT molecular complexity index is 994. The van der Waals surface area contributed by atoms with Crippen LogP contribution in [0.3, 0.4) is 0 Å². The Labute approximate surface area is 157 Å².